The molecule has 1 aliphatic rings. The Kier molecular flexibility index (Phi) is 8.97. The van der Waals surface area contributed by atoms with Crippen molar-refractivity contribution in [1.82, 2.24) is 10.2 Å². The molecule has 3 aromatic carbocycles. The van der Waals surface area contributed by atoms with Crippen molar-refractivity contribution in [3.05, 3.63) is 95.1 Å². The number of nitrogens with one attached hydrogen (secondary N) is 1. The molecular weight excluding hydrogens is 527 g/mol. The molecule has 39 heavy (non-hydrogen) atoms. The summed E-state index contributed by atoms with van der Waals surface area (Å²) < 4.78 is 67.9. The van der Waals surface area contributed by atoms with Crippen LogP contribution in [-0.4, -0.2) is 38.9 Å². The smallest absolute Gasteiger partial charge is 0.350 e. The number of piperidine rings is 1. The van der Waals surface area contributed by atoms with Crippen molar-refractivity contribution in [3.63, 3.8) is 0 Å². The highest BCUT2D eigenvalue weighted by Gasteiger charge is 2.33. The first-order chi connectivity index (χ1) is 18.5. The van der Waals surface area contributed by atoms with Gasteiger partial charge in [0.1, 0.15) is 6.54 Å². The van der Waals surface area contributed by atoms with Crippen LogP contribution in [0.3, 0.4) is 0 Å². The minimum absolute atomic E-state index is 0.122. The van der Waals surface area contributed by atoms with Gasteiger partial charge in [-0.3, -0.25) is 14.0 Å². The molecule has 0 atom stereocenters. The number of amides is 1. The second kappa shape index (κ2) is 12.2. The van der Waals surface area contributed by atoms with Gasteiger partial charge in [0.25, 0.3) is 10.0 Å². The first-order valence-corrected chi connectivity index (χ1v) is 14.3. The van der Waals surface area contributed by atoms with E-state index in [1.807, 2.05) is 24.3 Å². The van der Waals surface area contributed by atoms with E-state index >= 15 is 0 Å². The van der Waals surface area contributed by atoms with E-state index in [0.717, 1.165) is 58.8 Å². The Bertz CT molecular complexity index is 1390. The maximum absolute atomic E-state index is 13.5. The third-order valence-corrected chi connectivity index (χ3v) is 8.48. The molecule has 0 aromatic heterocycles. The average molecular weight is 560 g/mol. The summed E-state index contributed by atoms with van der Waals surface area (Å²) in [4.78, 5) is 15.2. The third-order valence-electron chi connectivity index (χ3n) is 6.69. The lowest BCUT2D eigenvalue weighted by Crippen LogP contribution is -2.40. The van der Waals surface area contributed by atoms with Crippen molar-refractivity contribution < 1.29 is 26.4 Å². The topological polar surface area (TPSA) is 69.7 Å². The van der Waals surface area contributed by atoms with Gasteiger partial charge in [0.15, 0.2) is 0 Å². The highest BCUT2D eigenvalue weighted by molar-refractivity contribution is 7.92. The minimum atomic E-state index is -4.67. The van der Waals surface area contributed by atoms with Gasteiger partial charge in [-0.25, -0.2) is 8.42 Å². The van der Waals surface area contributed by atoms with Crippen molar-refractivity contribution in [2.75, 3.05) is 23.9 Å². The molecule has 1 N–H and O–H groups in total. The number of halogens is 3. The van der Waals surface area contributed by atoms with E-state index in [1.54, 1.807) is 19.1 Å². The van der Waals surface area contributed by atoms with Crippen LogP contribution in [0.4, 0.5) is 18.9 Å². The summed E-state index contributed by atoms with van der Waals surface area (Å²) in [5.41, 5.74) is 1.54. The van der Waals surface area contributed by atoms with Gasteiger partial charge in [0.2, 0.25) is 5.91 Å². The molecule has 1 heterocycles. The molecule has 3 aromatic rings. The Morgan fingerprint density at radius 2 is 1.59 bits per heavy atom. The van der Waals surface area contributed by atoms with Crippen molar-refractivity contribution in [3.8, 4) is 0 Å². The number of hydrogen-bond acceptors (Lipinski definition) is 4. The standard InChI is InChI=1S/C29H32F3N3O3S/c1-22-11-13-27(14-12-22)39(37,38)35(26-10-6-9-25(18-26)29(30,31)32)21-28(36)33-19-23-7-5-8-24(17-23)20-34-15-3-2-4-16-34/h5-14,17-18H,2-4,15-16,19-21H2,1H3,(H,33,36). The number of hydrogen-bond donors (Lipinski definition) is 1. The molecule has 0 unspecified atom stereocenters. The van der Waals surface area contributed by atoms with Crippen LogP contribution in [0.25, 0.3) is 0 Å². The summed E-state index contributed by atoms with van der Waals surface area (Å²) in [5, 5.41) is 2.73. The summed E-state index contributed by atoms with van der Waals surface area (Å²) >= 11 is 0. The van der Waals surface area contributed by atoms with Gasteiger partial charge in [0, 0.05) is 13.1 Å². The van der Waals surface area contributed by atoms with E-state index in [9.17, 15) is 26.4 Å². The lowest BCUT2D eigenvalue weighted by Gasteiger charge is -2.26. The zero-order valence-corrected chi connectivity index (χ0v) is 22.6. The van der Waals surface area contributed by atoms with Gasteiger partial charge in [-0.05, 0) is 74.3 Å². The fourth-order valence-corrected chi connectivity index (χ4v) is 6.00. The van der Waals surface area contributed by atoms with E-state index < -0.39 is 34.2 Å². The predicted octanol–water partition coefficient (Wildman–Crippen LogP) is 5.51. The van der Waals surface area contributed by atoms with E-state index in [-0.39, 0.29) is 17.1 Å². The number of nitrogens with zero attached hydrogens (tertiary/aromatic N) is 2. The van der Waals surface area contributed by atoms with Crippen LogP contribution >= 0.6 is 0 Å². The molecule has 0 radical (unpaired) electrons. The van der Waals surface area contributed by atoms with Gasteiger partial charge < -0.3 is 5.32 Å². The van der Waals surface area contributed by atoms with E-state index in [2.05, 4.69) is 10.2 Å². The molecule has 0 spiro atoms. The number of anilines is 1. The Hall–Kier alpha value is -3.37. The Balaban J connectivity index is 1.52. The van der Waals surface area contributed by atoms with Crippen LogP contribution in [0.15, 0.2) is 77.7 Å². The third kappa shape index (κ3) is 7.60. The number of rotatable bonds is 9. The van der Waals surface area contributed by atoms with Gasteiger partial charge in [-0.15, -0.1) is 0 Å². The lowest BCUT2D eigenvalue weighted by molar-refractivity contribution is -0.137. The van der Waals surface area contributed by atoms with Crippen LogP contribution in [0.5, 0.6) is 0 Å². The number of benzene rings is 3. The molecular formula is C29H32F3N3O3S. The van der Waals surface area contributed by atoms with Crippen molar-refractivity contribution in [2.24, 2.45) is 0 Å². The number of sulfonamides is 1. The summed E-state index contributed by atoms with van der Waals surface area (Å²) in [5.74, 6) is -0.635. The first kappa shape index (κ1) is 28.6. The number of likely N-dealkylation sites (tertiary alicyclic amines) is 1. The fraction of sp³-hybridized carbons (Fsp3) is 0.345. The number of carbonyl (C=O) groups is 1. The molecule has 208 valence electrons. The molecule has 6 nitrogen and oxygen atoms in total. The van der Waals surface area contributed by atoms with Crippen molar-refractivity contribution in [2.45, 2.75) is 50.3 Å². The maximum atomic E-state index is 13.5. The predicted molar refractivity (Wildman–Crippen MR) is 145 cm³/mol. The molecule has 10 heteroatoms. The monoisotopic (exact) mass is 559 g/mol. The zero-order chi connectivity index (χ0) is 28.0. The van der Waals surface area contributed by atoms with Crippen LogP contribution in [0, 0.1) is 6.92 Å². The molecule has 0 bridgehead atoms. The zero-order valence-electron chi connectivity index (χ0n) is 21.7. The van der Waals surface area contributed by atoms with Crippen molar-refractivity contribution in [1.29, 1.82) is 0 Å². The molecule has 0 saturated carbocycles. The quantitative estimate of drug-likeness (QED) is 0.375. The van der Waals surface area contributed by atoms with Crippen LogP contribution < -0.4 is 9.62 Å². The van der Waals surface area contributed by atoms with E-state index in [0.29, 0.717) is 0 Å². The number of alkyl halides is 3. The van der Waals surface area contributed by atoms with Crippen LogP contribution in [0.1, 0.15) is 41.5 Å². The molecule has 4 rings (SSSR count). The molecule has 1 amide bonds. The summed E-state index contributed by atoms with van der Waals surface area (Å²) in [6, 6.07) is 17.7. The molecule has 1 saturated heterocycles. The van der Waals surface area contributed by atoms with E-state index in [1.165, 1.54) is 37.5 Å². The van der Waals surface area contributed by atoms with Gasteiger partial charge in [-0.2, -0.15) is 13.2 Å². The second-order valence-electron chi connectivity index (χ2n) is 9.81. The molecule has 0 aliphatic carbocycles. The van der Waals surface area contributed by atoms with Gasteiger partial charge in [-0.1, -0.05) is 54.4 Å². The highest BCUT2D eigenvalue weighted by Crippen LogP contribution is 2.33. The van der Waals surface area contributed by atoms with Crippen LogP contribution in [-0.2, 0) is 34.1 Å². The summed E-state index contributed by atoms with van der Waals surface area (Å²) in [6.45, 7) is 4.21. The number of carbonyl (C=O) groups excluding carboxylic acids is 1. The van der Waals surface area contributed by atoms with Gasteiger partial charge >= 0.3 is 6.18 Å². The van der Waals surface area contributed by atoms with Gasteiger partial charge in [0.05, 0.1) is 16.1 Å². The minimum Gasteiger partial charge on any atom is -0.350 e. The fourth-order valence-electron chi connectivity index (χ4n) is 4.59. The van der Waals surface area contributed by atoms with E-state index in [4.69, 9.17) is 0 Å². The number of aryl methyl sites for hydroxylation is 1. The Labute approximate surface area is 227 Å². The Morgan fingerprint density at radius 1 is 0.923 bits per heavy atom. The van der Waals surface area contributed by atoms with Crippen LogP contribution in [0.2, 0.25) is 0 Å². The first-order valence-electron chi connectivity index (χ1n) is 12.9. The maximum Gasteiger partial charge on any atom is 0.416 e. The average Bonchev–Trinajstić information content (AvgIpc) is 2.91. The highest BCUT2D eigenvalue weighted by atomic mass is 32.2. The lowest BCUT2D eigenvalue weighted by atomic mass is 10.1. The summed E-state index contributed by atoms with van der Waals surface area (Å²) in [6.07, 6.45) is -1.05. The largest absolute Gasteiger partial charge is 0.416 e. The molecule has 1 aliphatic heterocycles. The summed E-state index contributed by atoms with van der Waals surface area (Å²) in [7, 11) is -4.33. The Morgan fingerprint density at radius 3 is 2.28 bits per heavy atom. The molecule has 1 fully saturated rings. The second-order valence-corrected chi connectivity index (χ2v) is 11.7. The SMILES string of the molecule is Cc1ccc(S(=O)(=O)N(CC(=O)NCc2cccc(CN3CCCCC3)c2)c2cccc(C(F)(F)F)c2)cc1. The normalized spacial score (nSPS) is 14.7. The van der Waals surface area contributed by atoms with Crippen molar-refractivity contribution >= 4 is 21.6 Å².